The van der Waals surface area contributed by atoms with Gasteiger partial charge in [0.05, 0.1) is 12.2 Å². The van der Waals surface area contributed by atoms with Gasteiger partial charge < -0.3 is 19.7 Å². The summed E-state index contributed by atoms with van der Waals surface area (Å²) < 4.78 is 10.0. The quantitative estimate of drug-likeness (QED) is 0.596. The van der Waals surface area contributed by atoms with E-state index < -0.39 is 18.5 Å². The van der Waals surface area contributed by atoms with Crippen LogP contribution in [-0.4, -0.2) is 47.8 Å². The van der Waals surface area contributed by atoms with Gasteiger partial charge in [-0.1, -0.05) is 0 Å². The Kier molecular flexibility index (Phi) is 3.74. The number of methoxy groups -OCH3 is 1. The van der Waals surface area contributed by atoms with E-state index in [-0.39, 0.29) is 6.10 Å². The average Bonchev–Trinajstić information content (AvgIpc) is 2.09. The summed E-state index contributed by atoms with van der Waals surface area (Å²) >= 11 is 5.54. The van der Waals surface area contributed by atoms with Crippen LogP contribution in [0.2, 0.25) is 0 Å². The van der Waals surface area contributed by atoms with Gasteiger partial charge in [0.2, 0.25) is 0 Å². The fourth-order valence-corrected chi connectivity index (χ4v) is 1.41. The molecule has 0 aliphatic carbocycles. The number of halogens is 1. The monoisotopic (exact) mass is 196 g/mol. The summed E-state index contributed by atoms with van der Waals surface area (Å²) in [5, 5.41) is 18.6. The summed E-state index contributed by atoms with van der Waals surface area (Å²) in [6.07, 6.45) is -2.45. The molecule has 1 rings (SSSR count). The molecule has 72 valence electrons. The Morgan fingerprint density at radius 3 is 2.75 bits per heavy atom. The summed E-state index contributed by atoms with van der Waals surface area (Å²) in [6.45, 7) is 0. The summed E-state index contributed by atoms with van der Waals surface area (Å²) in [5.74, 6) is 0.295. The molecule has 1 aliphatic heterocycles. The van der Waals surface area contributed by atoms with Gasteiger partial charge in [0.15, 0.2) is 6.29 Å². The van der Waals surface area contributed by atoms with Gasteiger partial charge in [0.1, 0.15) is 6.10 Å². The van der Waals surface area contributed by atoms with Gasteiger partial charge in [-0.3, -0.25) is 0 Å². The van der Waals surface area contributed by atoms with Gasteiger partial charge in [-0.05, 0) is 0 Å². The lowest BCUT2D eigenvalue weighted by molar-refractivity contribution is -0.253. The minimum absolute atomic E-state index is 0.241. The molecule has 0 amide bonds. The van der Waals surface area contributed by atoms with Crippen molar-refractivity contribution < 1.29 is 19.7 Å². The molecule has 0 aromatic rings. The predicted molar refractivity (Wildman–Crippen MR) is 43.0 cm³/mol. The Hall–Kier alpha value is 0.130. The van der Waals surface area contributed by atoms with Crippen LogP contribution < -0.4 is 0 Å². The summed E-state index contributed by atoms with van der Waals surface area (Å²) in [7, 11) is 1.41. The van der Waals surface area contributed by atoms with Crippen LogP contribution in [-0.2, 0) is 9.47 Å². The molecule has 4 nitrogen and oxygen atoms in total. The molecule has 0 bridgehead atoms. The zero-order valence-electron chi connectivity index (χ0n) is 6.81. The Labute approximate surface area is 76.0 Å². The minimum Gasteiger partial charge on any atom is -0.390 e. The van der Waals surface area contributed by atoms with Crippen molar-refractivity contribution >= 4 is 11.6 Å². The van der Waals surface area contributed by atoms with E-state index in [9.17, 15) is 10.2 Å². The zero-order valence-corrected chi connectivity index (χ0v) is 7.57. The lowest BCUT2D eigenvalue weighted by atomic mass is 10.0. The van der Waals surface area contributed by atoms with Crippen molar-refractivity contribution in [3.63, 3.8) is 0 Å². The van der Waals surface area contributed by atoms with Gasteiger partial charge >= 0.3 is 0 Å². The van der Waals surface area contributed by atoms with Crippen molar-refractivity contribution in [2.75, 3.05) is 13.0 Å². The highest BCUT2D eigenvalue weighted by atomic mass is 35.5. The number of hydrogen-bond acceptors (Lipinski definition) is 4. The molecule has 0 radical (unpaired) electrons. The Morgan fingerprint density at radius 1 is 1.58 bits per heavy atom. The molecule has 1 saturated heterocycles. The number of aliphatic hydroxyl groups excluding tert-OH is 2. The third kappa shape index (κ3) is 2.08. The highest BCUT2D eigenvalue weighted by molar-refractivity contribution is 6.18. The Balaban J connectivity index is 2.52. The van der Waals surface area contributed by atoms with Gasteiger partial charge in [-0.25, -0.2) is 0 Å². The molecule has 1 aliphatic rings. The molecule has 12 heavy (non-hydrogen) atoms. The Bertz CT molecular complexity index is 143. The van der Waals surface area contributed by atoms with Crippen molar-refractivity contribution in [2.45, 2.75) is 31.0 Å². The fraction of sp³-hybridized carbons (Fsp3) is 1.00. The van der Waals surface area contributed by atoms with E-state index in [1.54, 1.807) is 0 Å². The SMILES string of the molecule is CO[C@H]1OC(CCl)CC(O)C1O. The van der Waals surface area contributed by atoms with Crippen molar-refractivity contribution in [1.29, 1.82) is 0 Å². The number of aliphatic hydroxyl groups is 2. The number of ether oxygens (including phenoxy) is 2. The standard InChI is InChI=1S/C7H13ClO4/c1-11-7-6(10)5(9)2-4(3-8)12-7/h4-7,9-10H,2-3H2,1H3/t4?,5?,6?,7-/m0/s1. The van der Waals surface area contributed by atoms with Crippen LogP contribution in [0.1, 0.15) is 6.42 Å². The maximum absolute atomic E-state index is 9.31. The maximum Gasteiger partial charge on any atom is 0.185 e. The molecule has 2 N–H and O–H groups in total. The van der Waals surface area contributed by atoms with Crippen molar-refractivity contribution in [1.82, 2.24) is 0 Å². The van der Waals surface area contributed by atoms with E-state index in [1.807, 2.05) is 0 Å². The molecule has 0 spiro atoms. The first-order valence-corrected chi connectivity index (χ1v) is 4.32. The first-order valence-electron chi connectivity index (χ1n) is 3.79. The summed E-state index contributed by atoms with van der Waals surface area (Å²) in [4.78, 5) is 0. The second-order valence-electron chi connectivity index (χ2n) is 2.81. The molecular formula is C7H13ClO4. The molecule has 1 fully saturated rings. The van der Waals surface area contributed by atoms with Crippen molar-refractivity contribution in [2.24, 2.45) is 0 Å². The van der Waals surface area contributed by atoms with Crippen LogP contribution in [0.25, 0.3) is 0 Å². The van der Waals surface area contributed by atoms with Crippen LogP contribution in [0.3, 0.4) is 0 Å². The third-order valence-electron chi connectivity index (χ3n) is 1.91. The lowest BCUT2D eigenvalue weighted by Crippen LogP contribution is -2.49. The van der Waals surface area contributed by atoms with E-state index in [2.05, 4.69) is 0 Å². The first-order chi connectivity index (χ1) is 5.69. The predicted octanol–water partition coefficient (Wildman–Crippen LogP) is -0.292. The van der Waals surface area contributed by atoms with Crippen LogP contribution >= 0.6 is 11.6 Å². The molecule has 3 unspecified atom stereocenters. The highest BCUT2D eigenvalue weighted by Crippen LogP contribution is 2.21. The highest BCUT2D eigenvalue weighted by Gasteiger charge is 2.36. The van der Waals surface area contributed by atoms with Gasteiger partial charge in [0, 0.05) is 19.4 Å². The first kappa shape index (κ1) is 10.2. The minimum atomic E-state index is -0.977. The normalized spacial score (nSPS) is 43.0. The molecule has 0 aromatic heterocycles. The number of alkyl halides is 1. The van der Waals surface area contributed by atoms with E-state index >= 15 is 0 Å². The van der Waals surface area contributed by atoms with Crippen molar-refractivity contribution in [3.05, 3.63) is 0 Å². The second-order valence-corrected chi connectivity index (χ2v) is 3.12. The largest absolute Gasteiger partial charge is 0.390 e. The van der Waals surface area contributed by atoms with Gasteiger partial charge in [-0.2, -0.15) is 0 Å². The van der Waals surface area contributed by atoms with Gasteiger partial charge in [-0.15, -0.1) is 11.6 Å². The number of hydrogen-bond donors (Lipinski definition) is 2. The van der Waals surface area contributed by atoms with E-state index in [0.717, 1.165) is 0 Å². The van der Waals surface area contributed by atoms with Crippen LogP contribution in [0.4, 0.5) is 0 Å². The Morgan fingerprint density at radius 2 is 2.25 bits per heavy atom. The fourth-order valence-electron chi connectivity index (χ4n) is 1.21. The zero-order chi connectivity index (χ0) is 9.14. The van der Waals surface area contributed by atoms with E-state index in [0.29, 0.717) is 12.3 Å². The van der Waals surface area contributed by atoms with Crippen LogP contribution in [0, 0.1) is 0 Å². The maximum atomic E-state index is 9.31. The summed E-state index contributed by atoms with van der Waals surface area (Å²) in [6, 6.07) is 0. The molecule has 0 aromatic carbocycles. The smallest absolute Gasteiger partial charge is 0.185 e. The lowest BCUT2D eigenvalue weighted by Gasteiger charge is -2.35. The molecule has 1 heterocycles. The molecular weight excluding hydrogens is 184 g/mol. The van der Waals surface area contributed by atoms with Gasteiger partial charge in [0.25, 0.3) is 0 Å². The molecule has 5 heteroatoms. The van der Waals surface area contributed by atoms with E-state index in [1.165, 1.54) is 7.11 Å². The third-order valence-corrected chi connectivity index (χ3v) is 2.25. The topological polar surface area (TPSA) is 58.9 Å². The molecule has 4 atom stereocenters. The van der Waals surface area contributed by atoms with Crippen LogP contribution in [0.15, 0.2) is 0 Å². The average molecular weight is 197 g/mol. The van der Waals surface area contributed by atoms with Crippen molar-refractivity contribution in [3.8, 4) is 0 Å². The second kappa shape index (κ2) is 4.39. The molecule has 0 saturated carbocycles. The number of rotatable bonds is 2. The van der Waals surface area contributed by atoms with E-state index in [4.69, 9.17) is 21.1 Å². The summed E-state index contributed by atoms with van der Waals surface area (Å²) in [5.41, 5.74) is 0. The van der Waals surface area contributed by atoms with Crippen LogP contribution in [0.5, 0.6) is 0 Å².